The summed E-state index contributed by atoms with van der Waals surface area (Å²) in [5, 5.41) is -0.720. The van der Waals surface area contributed by atoms with E-state index in [2.05, 4.69) is 4.72 Å². The Morgan fingerprint density at radius 2 is 1.78 bits per heavy atom. The van der Waals surface area contributed by atoms with Crippen LogP contribution in [0.1, 0.15) is 5.56 Å². The Morgan fingerprint density at radius 3 is 2.35 bits per heavy atom. The van der Waals surface area contributed by atoms with Crippen LogP contribution in [-0.2, 0) is 23.5 Å². The molecule has 0 aliphatic carbocycles. The van der Waals surface area contributed by atoms with Gasteiger partial charge in [-0.1, -0.05) is 30.3 Å². The van der Waals surface area contributed by atoms with E-state index in [4.69, 9.17) is 0 Å². The molecule has 0 amide bonds. The summed E-state index contributed by atoms with van der Waals surface area (Å²) in [7, 11) is 1.39. The van der Waals surface area contributed by atoms with Gasteiger partial charge in [-0.2, -0.15) is 0 Å². The van der Waals surface area contributed by atoms with Crippen LogP contribution in [0, 0.1) is 0 Å². The molecule has 1 unspecified atom stereocenters. The molecule has 0 fully saturated rings. The van der Waals surface area contributed by atoms with Crippen molar-refractivity contribution in [2.75, 3.05) is 18.8 Å². The molecule has 1 N–H and O–H groups in total. The fraction of sp³-hybridized carbons (Fsp3) is 0.312. The molecule has 1 aromatic heterocycles. The zero-order valence-corrected chi connectivity index (χ0v) is 14.2. The highest BCUT2D eigenvalue weighted by molar-refractivity contribution is 7.93. The first-order valence-electron chi connectivity index (χ1n) is 7.18. The molecule has 0 aliphatic heterocycles. The van der Waals surface area contributed by atoms with E-state index in [0.29, 0.717) is 12.1 Å². The quantitative estimate of drug-likeness (QED) is 0.863. The Labute approximate surface area is 136 Å². The Balaban J connectivity index is 2.26. The zero-order valence-electron chi connectivity index (χ0n) is 13.4. The summed E-state index contributed by atoms with van der Waals surface area (Å²) in [5.74, 6) is 0. The summed E-state index contributed by atoms with van der Waals surface area (Å²) in [6.07, 6.45) is 1.84. The molecular formula is C16H21N3O3S. The number of nitrogens with one attached hydrogen (secondary N) is 1. The van der Waals surface area contributed by atoms with Gasteiger partial charge in [-0.05, 0) is 25.7 Å². The number of hydrogen-bond acceptors (Lipinski definition) is 4. The molecule has 6 nitrogen and oxygen atoms in total. The Morgan fingerprint density at radius 1 is 1.13 bits per heavy atom. The van der Waals surface area contributed by atoms with Crippen molar-refractivity contribution in [1.82, 2.24) is 9.47 Å². The van der Waals surface area contributed by atoms with Crippen LogP contribution < -0.4 is 10.3 Å². The van der Waals surface area contributed by atoms with E-state index >= 15 is 0 Å². The number of hydrogen-bond donors (Lipinski definition) is 1. The normalized spacial score (nSPS) is 13.0. The topological polar surface area (TPSA) is 71.4 Å². The third kappa shape index (κ3) is 4.43. The van der Waals surface area contributed by atoms with Gasteiger partial charge >= 0.3 is 0 Å². The molecule has 0 radical (unpaired) electrons. The van der Waals surface area contributed by atoms with Crippen LogP contribution in [0.4, 0.5) is 5.69 Å². The summed E-state index contributed by atoms with van der Waals surface area (Å²) in [6.45, 7) is 0. The van der Waals surface area contributed by atoms with Gasteiger partial charge < -0.3 is 4.57 Å². The molecule has 2 aromatic rings. The van der Waals surface area contributed by atoms with E-state index < -0.39 is 15.4 Å². The predicted molar refractivity (Wildman–Crippen MR) is 91.8 cm³/mol. The number of nitrogens with zero attached hydrogens (tertiary/aromatic N) is 2. The number of benzene rings is 1. The van der Waals surface area contributed by atoms with Gasteiger partial charge in [0, 0.05) is 25.7 Å². The molecule has 1 aromatic carbocycles. The first-order valence-corrected chi connectivity index (χ1v) is 8.73. The third-order valence-electron chi connectivity index (χ3n) is 3.53. The van der Waals surface area contributed by atoms with E-state index in [9.17, 15) is 13.2 Å². The average molecular weight is 335 g/mol. The molecule has 124 valence electrons. The summed E-state index contributed by atoms with van der Waals surface area (Å²) in [6, 6.07) is 12.3. The second-order valence-corrected chi connectivity index (χ2v) is 7.46. The van der Waals surface area contributed by atoms with Crippen molar-refractivity contribution in [2.45, 2.75) is 11.8 Å². The second kappa shape index (κ2) is 6.97. The molecule has 0 spiro atoms. The minimum atomic E-state index is -3.64. The molecule has 7 heteroatoms. The van der Waals surface area contributed by atoms with E-state index in [1.807, 2.05) is 30.3 Å². The maximum atomic E-state index is 12.7. The highest BCUT2D eigenvalue weighted by atomic mass is 32.2. The molecule has 0 bridgehead atoms. The fourth-order valence-electron chi connectivity index (χ4n) is 2.27. The van der Waals surface area contributed by atoms with Crippen molar-refractivity contribution < 1.29 is 8.42 Å². The smallest absolute Gasteiger partial charge is 0.250 e. The van der Waals surface area contributed by atoms with Gasteiger partial charge in [-0.25, -0.2) is 8.42 Å². The maximum Gasteiger partial charge on any atom is 0.250 e. The number of pyridine rings is 1. The van der Waals surface area contributed by atoms with E-state index in [0.717, 1.165) is 5.56 Å². The Hall–Kier alpha value is -2.12. The van der Waals surface area contributed by atoms with Crippen LogP contribution in [0.3, 0.4) is 0 Å². The van der Waals surface area contributed by atoms with Crippen LogP contribution >= 0.6 is 0 Å². The monoisotopic (exact) mass is 335 g/mol. The summed E-state index contributed by atoms with van der Waals surface area (Å²) >= 11 is 0. The predicted octanol–water partition coefficient (Wildman–Crippen LogP) is 1.26. The summed E-state index contributed by atoms with van der Waals surface area (Å²) < 4.78 is 29.3. The largest absolute Gasteiger partial charge is 0.316 e. The highest BCUT2D eigenvalue weighted by Crippen LogP contribution is 2.16. The van der Waals surface area contributed by atoms with Gasteiger partial charge in [0.25, 0.3) is 0 Å². The SMILES string of the molecule is CN(C)C(Cc1ccccc1)S(=O)(=O)Nc1ccc(=O)n(C)c1. The molecule has 0 saturated carbocycles. The molecule has 0 aliphatic rings. The first kappa shape index (κ1) is 17.2. The molecule has 2 rings (SSSR count). The van der Waals surface area contributed by atoms with Crippen molar-refractivity contribution in [3.8, 4) is 0 Å². The average Bonchev–Trinajstić information content (AvgIpc) is 2.49. The van der Waals surface area contributed by atoms with Gasteiger partial charge in [-0.15, -0.1) is 0 Å². The van der Waals surface area contributed by atoms with Crippen molar-refractivity contribution in [3.05, 3.63) is 64.6 Å². The van der Waals surface area contributed by atoms with E-state index in [1.165, 1.54) is 22.9 Å². The van der Waals surface area contributed by atoms with Gasteiger partial charge in [0.2, 0.25) is 15.6 Å². The second-order valence-electron chi connectivity index (χ2n) is 5.62. The number of likely N-dealkylation sites (N-methyl/N-ethyl adjacent to an activating group) is 1. The lowest BCUT2D eigenvalue weighted by atomic mass is 10.1. The van der Waals surface area contributed by atoms with E-state index in [1.54, 1.807) is 26.0 Å². The van der Waals surface area contributed by atoms with Crippen molar-refractivity contribution in [1.29, 1.82) is 0 Å². The molecule has 1 heterocycles. The van der Waals surface area contributed by atoms with Crippen LogP contribution in [-0.4, -0.2) is 37.4 Å². The molecular weight excluding hydrogens is 314 g/mol. The maximum absolute atomic E-state index is 12.7. The van der Waals surface area contributed by atoms with E-state index in [-0.39, 0.29) is 5.56 Å². The van der Waals surface area contributed by atoms with Crippen LogP contribution in [0.5, 0.6) is 0 Å². The van der Waals surface area contributed by atoms with Crippen LogP contribution in [0.2, 0.25) is 0 Å². The first-order chi connectivity index (χ1) is 10.8. The van der Waals surface area contributed by atoms with Gasteiger partial charge in [0.15, 0.2) is 0 Å². The lowest BCUT2D eigenvalue weighted by molar-refractivity contribution is 0.362. The Bertz CT molecular complexity index is 814. The zero-order chi connectivity index (χ0) is 17.0. The number of sulfonamides is 1. The molecule has 23 heavy (non-hydrogen) atoms. The minimum absolute atomic E-state index is 0.193. The Kier molecular flexibility index (Phi) is 5.23. The number of aromatic nitrogens is 1. The third-order valence-corrected chi connectivity index (χ3v) is 5.36. The van der Waals surface area contributed by atoms with Crippen molar-refractivity contribution in [2.24, 2.45) is 7.05 Å². The lowest BCUT2D eigenvalue weighted by Gasteiger charge is -2.25. The standard InChI is InChI=1S/C16H21N3O3S/c1-18(2)16(11-13-7-5-4-6-8-13)23(21,22)17-14-9-10-15(20)19(3)12-14/h4-10,12,16-17H,11H2,1-3H3. The summed E-state index contributed by atoms with van der Waals surface area (Å²) in [5.41, 5.74) is 1.12. The molecule has 1 atom stereocenters. The van der Waals surface area contributed by atoms with Crippen LogP contribution in [0.25, 0.3) is 0 Å². The minimum Gasteiger partial charge on any atom is -0.316 e. The van der Waals surface area contributed by atoms with Crippen molar-refractivity contribution in [3.63, 3.8) is 0 Å². The highest BCUT2D eigenvalue weighted by Gasteiger charge is 2.28. The number of aryl methyl sites for hydroxylation is 1. The van der Waals surface area contributed by atoms with Gasteiger partial charge in [0.1, 0.15) is 5.37 Å². The van der Waals surface area contributed by atoms with Gasteiger partial charge in [-0.3, -0.25) is 14.4 Å². The summed E-state index contributed by atoms with van der Waals surface area (Å²) in [4.78, 5) is 13.1. The number of anilines is 1. The van der Waals surface area contributed by atoms with Gasteiger partial charge in [0.05, 0.1) is 5.69 Å². The number of rotatable bonds is 6. The molecule has 0 saturated heterocycles. The fourth-order valence-corrected chi connectivity index (χ4v) is 3.82. The lowest BCUT2D eigenvalue weighted by Crippen LogP contribution is -2.41. The van der Waals surface area contributed by atoms with Crippen molar-refractivity contribution >= 4 is 15.7 Å². The van der Waals surface area contributed by atoms with Crippen LogP contribution in [0.15, 0.2) is 53.5 Å².